The molecule has 2 N–H and O–H groups in total. The summed E-state index contributed by atoms with van der Waals surface area (Å²) in [6.45, 7) is 9.99. The van der Waals surface area contributed by atoms with Crippen molar-refractivity contribution in [2.45, 2.75) is 39.0 Å². The van der Waals surface area contributed by atoms with Crippen molar-refractivity contribution in [2.75, 3.05) is 44.2 Å². The van der Waals surface area contributed by atoms with Crippen LogP contribution in [0.3, 0.4) is 0 Å². The van der Waals surface area contributed by atoms with Crippen LogP contribution in [-0.4, -0.2) is 66.9 Å². The van der Waals surface area contributed by atoms with Crippen LogP contribution in [0.15, 0.2) is 30.5 Å². The van der Waals surface area contributed by atoms with Crippen LogP contribution >= 0.6 is 0 Å². The van der Waals surface area contributed by atoms with Gasteiger partial charge in [0.1, 0.15) is 5.82 Å². The second-order valence-corrected chi connectivity index (χ2v) is 10.1. The number of carbonyl (C=O) groups excluding carboxylic acids is 3. The summed E-state index contributed by atoms with van der Waals surface area (Å²) in [7, 11) is 0. The van der Waals surface area contributed by atoms with Crippen LogP contribution in [0, 0.1) is 19.8 Å². The highest BCUT2D eigenvalue weighted by Gasteiger charge is 2.36. The molecule has 3 atom stereocenters. The Kier molecular flexibility index (Phi) is 6.21. The molecule has 1 aromatic heterocycles. The summed E-state index contributed by atoms with van der Waals surface area (Å²) in [5, 5.41) is 5.82. The molecule has 0 spiro atoms. The fourth-order valence-electron chi connectivity index (χ4n) is 5.71. The number of aryl methyl sites for hydroxylation is 2. The lowest BCUT2D eigenvalue weighted by Gasteiger charge is -2.36. The lowest BCUT2D eigenvalue weighted by Crippen LogP contribution is -2.49. The number of piperazine rings is 1. The third-order valence-corrected chi connectivity index (χ3v) is 7.59. The van der Waals surface area contributed by atoms with E-state index < -0.39 is 0 Å². The Bertz CT molecular complexity index is 1170. The first-order valence-electron chi connectivity index (χ1n) is 12.5. The Morgan fingerprint density at radius 3 is 2.43 bits per heavy atom. The maximum atomic E-state index is 13.7. The average molecular weight is 476 g/mol. The van der Waals surface area contributed by atoms with Crippen LogP contribution in [-0.2, 0) is 9.59 Å². The Balaban J connectivity index is 1.39. The summed E-state index contributed by atoms with van der Waals surface area (Å²) < 4.78 is 0. The van der Waals surface area contributed by atoms with Crippen molar-refractivity contribution in [2.24, 2.45) is 5.92 Å². The van der Waals surface area contributed by atoms with E-state index in [0.29, 0.717) is 51.3 Å². The molecule has 8 nitrogen and oxygen atoms in total. The van der Waals surface area contributed by atoms with Crippen LogP contribution < -0.4 is 15.5 Å². The minimum Gasteiger partial charge on any atom is -0.356 e. The first-order chi connectivity index (χ1) is 16.8. The molecule has 0 aliphatic carbocycles. The Morgan fingerprint density at radius 2 is 1.80 bits per heavy atom. The molecular weight excluding hydrogens is 442 g/mol. The van der Waals surface area contributed by atoms with Gasteiger partial charge in [0, 0.05) is 51.0 Å². The molecule has 3 aliphatic rings. The van der Waals surface area contributed by atoms with Crippen LogP contribution in [0.4, 0.5) is 5.82 Å². The number of amides is 3. The number of carbonyl (C=O) groups is 3. The highest BCUT2D eigenvalue weighted by molar-refractivity contribution is 5.99. The van der Waals surface area contributed by atoms with Gasteiger partial charge in [0.25, 0.3) is 5.91 Å². The topological polar surface area (TPSA) is 94.6 Å². The highest BCUT2D eigenvalue weighted by atomic mass is 16.2. The van der Waals surface area contributed by atoms with Gasteiger partial charge in [-0.2, -0.15) is 0 Å². The zero-order valence-electron chi connectivity index (χ0n) is 20.6. The minimum absolute atomic E-state index is 0.00882. The van der Waals surface area contributed by atoms with E-state index in [1.165, 1.54) is 0 Å². The predicted molar refractivity (Wildman–Crippen MR) is 134 cm³/mol. The molecule has 5 rings (SSSR count). The summed E-state index contributed by atoms with van der Waals surface area (Å²) in [6, 6.07) is 7.79. The van der Waals surface area contributed by atoms with Crippen molar-refractivity contribution >= 4 is 23.5 Å². The molecule has 0 bridgehead atoms. The highest BCUT2D eigenvalue weighted by Crippen LogP contribution is 2.35. The number of rotatable bonds is 4. The molecule has 3 aliphatic heterocycles. The standard InChI is InChI=1S/C27H33N5O3/c1-16-12-17(2)24(29-14-16)31-8-10-32(11-9-31)27(35)21-5-4-19(23-18(3)15-30-26(23)34)13-22(21)20-6-7-28-25(20)33/h4-5,12-14,18,20,23H,6-11,15H2,1-3H3,(H,28,33)(H,30,34)/t18?,20?,23-/m1/s1. The second kappa shape index (κ2) is 9.32. The summed E-state index contributed by atoms with van der Waals surface area (Å²) in [4.78, 5) is 47.5. The van der Waals surface area contributed by atoms with E-state index in [2.05, 4.69) is 33.5 Å². The fourth-order valence-corrected chi connectivity index (χ4v) is 5.71. The van der Waals surface area contributed by atoms with Crippen molar-refractivity contribution in [3.8, 4) is 0 Å². The minimum atomic E-state index is -0.366. The number of nitrogens with zero attached hydrogens (tertiary/aromatic N) is 3. The average Bonchev–Trinajstić information content (AvgIpc) is 3.42. The molecule has 0 radical (unpaired) electrons. The van der Waals surface area contributed by atoms with Gasteiger partial charge in [0.2, 0.25) is 11.8 Å². The molecule has 2 unspecified atom stereocenters. The predicted octanol–water partition coefficient (Wildman–Crippen LogP) is 2.11. The van der Waals surface area contributed by atoms with Crippen LogP contribution in [0.1, 0.15) is 57.8 Å². The van der Waals surface area contributed by atoms with Crippen molar-refractivity contribution in [3.05, 3.63) is 58.3 Å². The fraction of sp³-hybridized carbons (Fsp3) is 0.481. The van der Waals surface area contributed by atoms with Crippen molar-refractivity contribution in [3.63, 3.8) is 0 Å². The van der Waals surface area contributed by atoms with Crippen LogP contribution in [0.5, 0.6) is 0 Å². The molecule has 3 fully saturated rings. The molecular formula is C27H33N5O3. The van der Waals surface area contributed by atoms with Gasteiger partial charge in [-0.05, 0) is 54.5 Å². The van der Waals surface area contributed by atoms with Crippen LogP contribution in [0.2, 0.25) is 0 Å². The molecule has 3 amide bonds. The van der Waals surface area contributed by atoms with Gasteiger partial charge >= 0.3 is 0 Å². The summed E-state index contributed by atoms with van der Waals surface area (Å²) in [5.41, 5.74) is 4.47. The number of nitrogens with one attached hydrogen (secondary N) is 2. The maximum absolute atomic E-state index is 13.7. The normalized spacial score (nSPS) is 24.5. The summed E-state index contributed by atoms with van der Waals surface area (Å²) in [5.74, 6) is 0.426. The number of aromatic nitrogens is 1. The second-order valence-electron chi connectivity index (χ2n) is 10.1. The van der Waals surface area contributed by atoms with E-state index in [1.54, 1.807) is 0 Å². The third-order valence-electron chi connectivity index (χ3n) is 7.59. The van der Waals surface area contributed by atoms with E-state index in [9.17, 15) is 14.4 Å². The largest absolute Gasteiger partial charge is 0.356 e. The van der Waals surface area contributed by atoms with E-state index in [-0.39, 0.29) is 35.5 Å². The molecule has 184 valence electrons. The number of anilines is 1. The van der Waals surface area contributed by atoms with E-state index >= 15 is 0 Å². The lowest BCUT2D eigenvalue weighted by atomic mass is 9.84. The van der Waals surface area contributed by atoms with Gasteiger partial charge in [0.05, 0.1) is 11.8 Å². The quantitative estimate of drug-likeness (QED) is 0.707. The molecule has 8 heteroatoms. The van der Waals surface area contributed by atoms with Crippen molar-refractivity contribution < 1.29 is 14.4 Å². The van der Waals surface area contributed by atoms with Crippen LogP contribution in [0.25, 0.3) is 0 Å². The van der Waals surface area contributed by atoms with Crippen molar-refractivity contribution in [1.29, 1.82) is 0 Å². The number of hydrogen-bond acceptors (Lipinski definition) is 5. The maximum Gasteiger partial charge on any atom is 0.254 e. The van der Waals surface area contributed by atoms with E-state index in [0.717, 1.165) is 28.1 Å². The van der Waals surface area contributed by atoms with Gasteiger partial charge in [-0.25, -0.2) is 4.98 Å². The smallest absolute Gasteiger partial charge is 0.254 e. The Hall–Kier alpha value is -3.42. The molecule has 4 heterocycles. The third kappa shape index (κ3) is 4.37. The van der Waals surface area contributed by atoms with Gasteiger partial charge in [0.15, 0.2) is 0 Å². The van der Waals surface area contributed by atoms with E-state index in [1.807, 2.05) is 43.1 Å². The number of pyridine rings is 1. The zero-order chi connectivity index (χ0) is 24.7. The molecule has 0 saturated carbocycles. The first-order valence-corrected chi connectivity index (χ1v) is 12.5. The summed E-state index contributed by atoms with van der Waals surface area (Å²) >= 11 is 0. The van der Waals surface area contributed by atoms with Gasteiger partial charge in [-0.1, -0.05) is 25.1 Å². The Morgan fingerprint density at radius 1 is 1.03 bits per heavy atom. The van der Waals surface area contributed by atoms with Crippen molar-refractivity contribution in [1.82, 2.24) is 20.5 Å². The first kappa shape index (κ1) is 23.3. The van der Waals surface area contributed by atoms with E-state index in [4.69, 9.17) is 0 Å². The molecule has 3 saturated heterocycles. The molecule has 2 aromatic rings. The summed E-state index contributed by atoms with van der Waals surface area (Å²) in [6.07, 6.45) is 2.53. The van der Waals surface area contributed by atoms with Gasteiger partial charge < -0.3 is 20.4 Å². The zero-order valence-corrected chi connectivity index (χ0v) is 20.6. The monoisotopic (exact) mass is 475 g/mol. The van der Waals surface area contributed by atoms with Gasteiger partial charge in [-0.15, -0.1) is 0 Å². The SMILES string of the molecule is Cc1cnc(N2CCN(C(=O)c3ccc([C@@H]4C(=O)NCC4C)cc3C3CCNC3=O)CC2)c(C)c1. The molecule has 35 heavy (non-hydrogen) atoms. The number of benzene rings is 1. The van der Waals surface area contributed by atoms with Gasteiger partial charge in [-0.3, -0.25) is 14.4 Å². The molecule has 1 aromatic carbocycles. The lowest BCUT2D eigenvalue weighted by molar-refractivity contribution is -0.121. The number of hydrogen-bond donors (Lipinski definition) is 2. The Labute approximate surface area is 206 Å².